The monoisotopic (exact) mass is 356 g/mol. The third-order valence-corrected chi connectivity index (χ3v) is 6.50. The Bertz CT molecular complexity index is 967. The lowest BCUT2D eigenvalue weighted by molar-refractivity contribution is 0.431. The standard InChI is InChI=1S/C22H17N2OP/c25-22-23-15-14-21(24-22)17-8-7-13-20(16-17)26(18-9-3-1-4-10-18)19-11-5-2-6-12-19/h1-16H,(H,23,24,25). The Hall–Kier alpha value is -3.03. The van der Waals surface area contributed by atoms with E-state index in [1.807, 2.05) is 30.3 Å². The zero-order valence-electron chi connectivity index (χ0n) is 14.0. The first-order valence-electron chi connectivity index (χ1n) is 8.34. The molecule has 126 valence electrons. The molecule has 0 spiro atoms. The zero-order chi connectivity index (χ0) is 17.8. The van der Waals surface area contributed by atoms with Gasteiger partial charge >= 0.3 is 6.01 Å². The first kappa shape index (κ1) is 16.4. The van der Waals surface area contributed by atoms with Crippen molar-refractivity contribution in [3.8, 4) is 17.3 Å². The average molecular weight is 356 g/mol. The van der Waals surface area contributed by atoms with Gasteiger partial charge in [0, 0.05) is 11.8 Å². The van der Waals surface area contributed by atoms with E-state index in [9.17, 15) is 5.11 Å². The van der Waals surface area contributed by atoms with Crippen molar-refractivity contribution in [2.24, 2.45) is 0 Å². The highest BCUT2D eigenvalue weighted by Gasteiger charge is 2.16. The van der Waals surface area contributed by atoms with Crippen molar-refractivity contribution < 1.29 is 5.11 Å². The quantitative estimate of drug-likeness (QED) is 0.568. The van der Waals surface area contributed by atoms with Crippen molar-refractivity contribution in [1.29, 1.82) is 0 Å². The molecule has 1 aromatic heterocycles. The summed E-state index contributed by atoms with van der Waals surface area (Å²) < 4.78 is 0. The lowest BCUT2D eigenvalue weighted by Gasteiger charge is -2.20. The van der Waals surface area contributed by atoms with Crippen molar-refractivity contribution in [2.75, 3.05) is 0 Å². The molecule has 4 rings (SSSR count). The van der Waals surface area contributed by atoms with E-state index < -0.39 is 7.92 Å². The summed E-state index contributed by atoms with van der Waals surface area (Å²) in [4.78, 5) is 7.91. The molecule has 0 aliphatic carbocycles. The average Bonchev–Trinajstić information content (AvgIpc) is 2.70. The SMILES string of the molecule is Oc1nccc(-c2cccc(P(c3ccccc3)c3ccccc3)c2)n1. The van der Waals surface area contributed by atoms with Crippen molar-refractivity contribution in [3.63, 3.8) is 0 Å². The first-order chi connectivity index (χ1) is 12.8. The topological polar surface area (TPSA) is 46.0 Å². The summed E-state index contributed by atoms with van der Waals surface area (Å²) in [6.45, 7) is 0. The molecule has 26 heavy (non-hydrogen) atoms. The molecule has 0 saturated heterocycles. The molecular weight excluding hydrogens is 339 g/mol. The molecule has 1 N–H and O–H groups in total. The molecule has 0 atom stereocenters. The number of nitrogens with zero attached hydrogens (tertiary/aromatic N) is 2. The summed E-state index contributed by atoms with van der Waals surface area (Å²) in [6, 6.07) is 31.1. The van der Waals surface area contributed by atoms with Gasteiger partial charge in [0.1, 0.15) is 0 Å². The van der Waals surface area contributed by atoms with Crippen LogP contribution in [0.5, 0.6) is 6.01 Å². The van der Waals surface area contributed by atoms with Gasteiger partial charge in [-0.05, 0) is 36.0 Å². The molecule has 4 aromatic rings. The lowest BCUT2D eigenvalue weighted by Crippen LogP contribution is -2.20. The molecule has 3 nitrogen and oxygen atoms in total. The number of benzene rings is 3. The van der Waals surface area contributed by atoms with Gasteiger partial charge in [0.05, 0.1) is 5.69 Å². The van der Waals surface area contributed by atoms with Crippen molar-refractivity contribution in [2.45, 2.75) is 0 Å². The third-order valence-electron chi connectivity index (χ3n) is 4.07. The number of aromatic nitrogens is 2. The Kier molecular flexibility index (Phi) is 4.72. The molecule has 4 heteroatoms. The molecule has 0 aliphatic heterocycles. The Morgan fingerprint density at radius 1 is 0.654 bits per heavy atom. The van der Waals surface area contributed by atoms with E-state index in [1.165, 1.54) is 15.9 Å². The lowest BCUT2D eigenvalue weighted by atomic mass is 10.1. The van der Waals surface area contributed by atoms with Gasteiger partial charge in [-0.1, -0.05) is 78.9 Å². The summed E-state index contributed by atoms with van der Waals surface area (Å²) in [6.07, 6.45) is 1.57. The molecule has 1 heterocycles. The fourth-order valence-corrected chi connectivity index (χ4v) is 5.25. The molecule has 0 saturated carbocycles. The van der Waals surface area contributed by atoms with Crippen molar-refractivity contribution in [1.82, 2.24) is 9.97 Å². The van der Waals surface area contributed by atoms with E-state index in [1.54, 1.807) is 6.20 Å². The fraction of sp³-hybridized carbons (Fsp3) is 0. The smallest absolute Gasteiger partial charge is 0.314 e. The first-order valence-corrected chi connectivity index (χ1v) is 9.68. The Morgan fingerprint density at radius 2 is 1.27 bits per heavy atom. The number of hydrogen-bond donors (Lipinski definition) is 1. The van der Waals surface area contributed by atoms with Gasteiger partial charge < -0.3 is 5.11 Å². The van der Waals surface area contributed by atoms with E-state index in [4.69, 9.17) is 0 Å². The summed E-state index contributed by atoms with van der Waals surface area (Å²) in [7, 11) is -0.666. The summed E-state index contributed by atoms with van der Waals surface area (Å²) in [5.41, 5.74) is 1.69. The largest absolute Gasteiger partial charge is 0.479 e. The molecule has 0 radical (unpaired) electrons. The Labute approximate surface area is 153 Å². The highest BCUT2D eigenvalue weighted by Crippen LogP contribution is 2.33. The number of rotatable bonds is 4. The van der Waals surface area contributed by atoms with Crippen LogP contribution < -0.4 is 15.9 Å². The summed E-state index contributed by atoms with van der Waals surface area (Å²) in [5.74, 6) is 0. The predicted octanol–water partition coefficient (Wildman–Crippen LogP) is 3.61. The van der Waals surface area contributed by atoms with E-state index >= 15 is 0 Å². The maximum Gasteiger partial charge on any atom is 0.314 e. The van der Waals surface area contributed by atoms with Crippen molar-refractivity contribution in [3.05, 3.63) is 97.2 Å². The third kappa shape index (κ3) is 3.49. The maximum atomic E-state index is 9.59. The number of hydrogen-bond acceptors (Lipinski definition) is 3. The van der Waals surface area contributed by atoms with Gasteiger partial charge in [0.15, 0.2) is 0 Å². The number of aromatic hydroxyl groups is 1. The molecular formula is C22H17N2OP. The van der Waals surface area contributed by atoms with Crippen LogP contribution in [-0.2, 0) is 0 Å². The minimum absolute atomic E-state index is 0.207. The Balaban J connectivity index is 1.83. The van der Waals surface area contributed by atoms with Gasteiger partial charge in [-0.3, -0.25) is 0 Å². The van der Waals surface area contributed by atoms with E-state index in [0.29, 0.717) is 0 Å². The van der Waals surface area contributed by atoms with Gasteiger partial charge in [-0.25, -0.2) is 4.98 Å². The summed E-state index contributed by atoms with van der Waals surface area (Å²) >= 11 is 0. The second-order valence-electron chi connectivity index (χ2n) is 5.80. The van der Waals surface area contributed by atoms with E-state index in [0.717, 1.165) is 11.3 Å². The second-order valence-corrected chi connectivity index (χ2v) is 8.02. The maximum absolute atomic E-state index is 9.59. The normalized spacial score (nSPS) is 10.8. The van der Waals surface area contributed by atoms with Crippen LogP contribution >= 0.6 is 7.92 Å². The molecule has 3 aromatic carbocycles. The minimum Gasteiger partial charge on any atom is -0.479 e. The molecule has 0 aliphatic rings. The minimum atomic E-state index is -0.666. The van der Waals surface area contributed by atoms with E-state index in [-0.39, 0.29) is 6.01 Å². The van der Waals surface area contributed by atoms with E-state index in [2.05, 4.69) is 70.6 Å². The van der Waals surface area contributed by atoms with Crippen LogP contribution in [0.4, 0.5) is 0 Å². The van der Waals surface area contributed by atoms with Crippen LogP contribution in [0.3, 0.4) is 0 Å². The highest BCUT2D eigenvalue weighted by atomic mass is 31.1. The van der Waals surface area contributed by atoms with Gasteiger partial charge in [0.25, 0.3) is 0 Å². The fourth-order valence-electron chi connectivity index (χ4n) is 2.91. The molecule has 0 bridgehead atoms. The van der Waals surface area contributed by atoms with Crippen molar-refractivity contribution >= 4 is 23.8 Å². The van der Waals surface area contributed by atoms with Gasteiger partial charge in [-0.2, -0.15) is 4.98 Å². The van der Waals surface area contributed by atoms with Crippen LogP contribution in [-0.4, -0.2) is 15.1 Å². The van der Waals surface area contributed by atoms with Crippen LogP contribution in [0.15, 0.2) is 97.2 Å². The highest BCUT2D eigenvalue weighted by molar-refractivity contribution is 7.79. The summed E-state index contributed by atoms with van der Waals surface area (Å²) in [5, 5.41) is 13.4. The second kappa shape index (κ2) is 7.47. The molecule has 0 amide bonds. The van der Waals surface area contributed by atoms with Crippen LogP contribution in [0, 0.1) is 0 Å². The van der Waals surface area contributed by atoms with Crippen LogP contribution in [0.2, 0.25) is 0 Å². The zero-order valence-corrected chi connectivity index (χ0v) is 14.9. The van der Waals surface area contributed by atoms with Crippen LogP contribution in [0.1, 0.15) is 0 Å². The van der Waals surface area contributed by atoms with Crippen LogP contribution in [0.25, 0.3) is 11.3 Å². The Morgan fingerprint density at radius 3 is 1.88 bits per heavy atom. The predicted molar refractivity (Wildman–Crippen MR) is 108 cm³/mol. The molecule has 0 unspecified atom stereocenters. The van der Waals surface area contributed by atoms with Gasteiger partial charge in [0.2, 0.25) is 0 Å². The molecule has 0 fully saturated rings. The van der Waals surface area contributed by atoms with Gasteiger partial charge in [-0.15, -0.1) is 0 Å².